The number of carbonyl (C=O) groups excluding carboxylic acids is 1. The van der Waals surface area contributed by atoms with Gasteiger partial charge in [-0.15, -0.1) is 0 Å². The minimum absolute atomic E-state index is 0.0894. The van der Waals surface area contributed by atoms with Gasteiger partial charge in [0.2, 0.25) is 0 Å². The van der Waals surface area contributed by atoms with Gasteiger partial charge < -0.3 is 10.1 Å². The second-order valence-corrected chi connectivity index (χ2v) is 4.38. The van der Waals surface area contributed by atoms with Crippen molar-refractivity contribution in [3.8, 4) is 0 Å². The molecular weight excluding hydrogens is 190 g/mol. The number of rotatable bonds is 5. The molecule has 0 bridgehead atoms. The fourth-order valence-electron chi connectivity index (χ4n) is 2.21. The predicted octanol–water partition coefficient (Wildman–Crippen LogP) is 2.11. The third-order valence-corrected chi connectivity index (χ3v) is 3.15. The van der Waals surface area contributed by atoms with Gasteiger partial charge in [0.25, 0.3) is 0 Å². The summed E-state index contributed by atoms with van der Waals surface area (Å²) in [7, 11) is 0. The molecule has 0 radical (unpaired) electrons. The molecule has 1 fully saturated rings. The number of hydrogen-bond acceptors (Lipinski definition) is 3. The van der Waals surface area contributed by atoms with Crippen molar-refractivity contribution in [3.05, 3.63) is 0 Å². The van der Waals surface area contributed by atoms with Crippen LogP contribution in [0.4, 0.5) is 0 Å². The maximum absolute atomic E-state index is 11.1. The van der Waals surface area contributed by atoms with Gasteiger partial charge in [0.15, 0.2) is 0 Å². The van der Waals surface area contributed by atoms with E-state index in [1.165, 1.54) is 25.7 Å². The molecule has 0 aromatic rings. The summed E-state index contributed by atoms with van der Waals surface area (Å²) in [5.41, 5.74) is 0. The van der Waals surface area contributed by atoms with Crippen LogP contribution in [-0.2, 0) is 9.53 Å². The van der Waals surface area contributed by atoms with E-state index in [4.69, 9.17) is 4.74 Å². The Morgan fingerprint density at radius 1 is 1.40 bits per heavy atom. The van der Waals surface area contributed by atoms with Crippen molar-refractivity contribution in [2.75, 3.05) is 13.2 Å². The zero-order valence-electron chi connectivity index (χ0n) is 9.92. The Labute approximate surface area is 92.6 Å². The van der Waals surface area contributed by atoms with Crippen molar-refractivity contribution in [2.45, 2.75) is 52.0 Å². The van der Waals surface area contributed by atoms with E-state index in [0.717, 1.165) is 12.5 Å². The Morgan fingerprint density at radius 3 is 2.80 bits per heavy atom. The van der Waals surface area contributed by atoms with Gasteiger partial charge >= 0.3 is 5.97 Å². The number of ether oxygens (including phenoxy) is 1. The van der Waals surface area contributed by atoms with E-state index >= 15 is 0 Å². The van der Waals surface area contributed by atoms with E-state index in [0.29, 0.717) is 19.1 Å². The minimum Gasteiger partial charge on any atom is -0.466 e. The van der Waals surface area contributed by atoms with Crippen LogP contribution in [0.25, 0.3) is 0 Å². The third kappa shape index (κ3) is 4.65. The standard InChI is InChI=1S/C12H23NO2/c1-3-15-12(14)8-9-13-11-7-5-4-6-10(11)2/h10-11,13H,3-9H2,1-2H3/t10-,11-/m0/s1. The molecule has 1 aliphatic carbocycles. The van der Waals surface area contributed by atoms with Gasteiger partial charge in [-0.1, -0.05) is 19.8 Å². The van der Waals surface area contributed by atoms with E-state index < -0.39 is 0 Å². The van der Waals surface area contributed by atoms with Crippen LogP contribution in [0.3, 0.4) is 0 Å². The maximum atomic E-state index is 11.1. The molecule has 0 aromatic carbocycles. The van der Waals surface area contributed by atoms with Crippen LogP contribution in [0.1, 0.15) is 46.0 Å². The van der Waals surface area contributed by atoms with Crippen molar-refractivity contribution in [3.63, 3.8) is 0 Å². The molecule has 1 saturated carbocycles. The molecule has 1 rings (SSSR count). The Morgan fingerprint density at radius 2 is 2.13 bits per heavy atom. The highest BCUT2D eigenvalue weighted by Crippen LogP contribution is 2.23. The molecule has 3 nitrogen and oxygen atoms in total. The lowest BCUT2D eigenvalue weighted by atomic mass is 9.86. The summed E-state index contributed by atoms with van der Waals surface area (Å²) < 4.78 is 4.88. The number of carbonyl (C=O) groups is 1. The van der Waals surface area contributed by atoms with Gasteiger partial charge in [0, 0.05) is 12.6 Å². The van der Waals surface area contributed by atoms with Gasteiger partial charge in [0.1, 0.15) is 0 Å². The number of esters is 1. The molecule has 2 atom stereocenters. The molecular formula is C12H23NO2. The van der Waals surface area contributed by atoms with Crippen LogP contribution in [0, 0.1) is 5.92 Å². The number of hydrogen-bond donors (Lipinski definition) is 1. The molecule has 0 amide bonds. The first-order valence-electron chi connectivity index (χ1n) is 6.13. The van der Waals surface area contributed by atoms with Gasteiger partial charge in [-0.25, -0.2) is 0 Å². The molecule has 15 heavy (non-hydrogen) atoms. The summed E-state index contributed by atoms with van der Waals surface area (Å²) in [5, 5.41) is 3.46. The molecule has 88 valence electrons. The van der Waals surface area contributed by atoms with Crippen molar-refractivity contribution in [2.24, 2.45) is 5.92 Å². The summed E-state index contributed by atoms with van der Waals surface area (Å²) in [6.07, 6.45) is 5.75. The molecule has 0 spiro atoms. The zero-order chi connectivity index (χ0) is 11.1. The third-order valence-electron chi connectivity index (χ3n) is 3.15. The van der Waals surface area contributed by atoms with Crippen LogP contribution in [-0.4, -0.2) is 25.2 Å². The first-order chi connectivity index (χ1) is 7.24. The molecule has 0 saturated heterocycles. The van der Waals surface area contributed by atoms with Crippen molar-refractivity contribution in [1.29, 1.82) is 0 Å². The monoisotopic (exact) mass is 213 g/mol. The lowest BCUT2D eigenvalue weighted by Crippen LogP contribution is -2.38. The topological polar surface area (TPSA) is 38.3 Å². The van der Waals surface area contributed by atoms with Crippen LogP contribution < -0.4 is 5.32 Å². The highest BCUT2D eigenvalue weighted by molar-refractivity contribution is 5.69. The fraction of sp³-hybridized carbons (Fsp3) is 0.917. The Kier molecular flexibility index (Phi) is 5.69. The smallest absolute Gasteiger partial charge is 0.307 e. The summed E-state index contributed by atoms with van der Waals surface area (Å²) in [6, 6.07) is 0.605. The van der Waals surface area contributed by atoms with Gasteiger partial charge in [-0.05, 0) is 25.7 Å². The summed E-state index contributed by atoms with van der Waals surface area (Å²) in [4.78, 5) is 11.1. The maximum Gasteiger partial charge on any atom is 0.307 e. The van der Waals surface area contributed by atoms with E-state index in [1.54, 1.807) is 0 Å². The quantitative estimate of drug-likeness (QED) is 0.711. The van der Waals surface area contributed by atoms with Gasteiger partial charge in [-0.2, -0.15) is 0 Å². The molecule has 0 heterocycles. The van der Waals surface area contributed by atoms with Gasteiger partial charge in [0.05, 0.1) is 13.0 Å². The van der Waals surface area contributed by atoms with Crippen molar-refractivity contribution in [1.82, 2.24) is 5.32 Å². The minimum atomic E-state index is -0.0894. The zero-order valence-corrected chi connectivity index (χ0v) is 9.92. The van der Waals surface area contributed by atoms with Crippen molar-refractivity contribution >= 4 is 5.97 Å². The van der Waals surface area contributed by atoms with E-state index in [2.05, 4.69) is 12.2 Å². The highest BCUT2D eigenvalue weighted by atomic mass is 16.5. The molecule has 1 N–H and O–H groups in total. The lowest BCUT2D eigenvalue weighted by molar-refractivity contribution is -0.143. The normalized spacial score (nSPS) is 26.3. The summed E-state index contributed by atoms with van der Waals surface area (Å²) >= 11 is 0. The van der Waals surface area contributed by atoms with Crippen LogP contribution in [0.5, 0.6) is 0 Å². The van der Waals surface area contributed by atoms with Gasteiger partial charge in [-0.3, -0.25) is 4.79 Å². The number of nitrogens with one attached hydrogen (secondary N) is 1. The summed E-state index contributed by atoms with van der Waals surface area (Å²) in [5.74, 6) is 0.661. The van der Waals surface area contributed by atoms with E-state index in [9.17, 15) is 4.79 Å². The molecule has 0 aliphatic heterocycles. The second kappa shape index (κ2) is 6.83. The summed E-state index contributed by atoms with van der Waals surface area (Å²) in [6.45, 7) is 5.38. The average molecular weight is 213 g/mol. The first-order valence-corrected chi connectivity index (χ1v) is 6.13. The fourth-order valence-corrected chi connectivity index (χ4v) is 2.21. The largest absolute Gasteiger partial charge is 0.466 e. The average Bonchev–Trinajstić information content (AvgIpc) is 2.21. The van der Waals surface area contributed by atoms with Crippen LogP contribution >= 0.6 is 0 Å². The van der Waals surface area contributed by atoms with E-state index in [-0.39, 0.29) is 5.97 Å². The predicted molar refractivity (Wildman–Crippen MR) is 60.7 cm³/mol. The molecule has 1 aliphatic rings. The molecule has 3 heteroatoms. The Hall–Kier alpha value is -0.570. The highest BCUT2D eigenvalue weighted by Gasteiger charge is 2.20. The first kappa shape index (κ1) is 12.5. The molecule has 0 aromatic heterocycles. The van der Waals surface area contributed by atoms with E-state index in [1.807, 2.05) is 6.92 Å². The van der Waals surface area contributed by atoms with Crippen LogP contribution in [0.2, 0.25) is 0 Å². The lowest BCUT2D eigenvalue weighted by Gasteiger charge is -2.29. The second-order valence-electron chi connectivity index (χ2n) is 4.38. The van der Waals surface area contributed by atoms with Crippen LogP contribution in [0.15, 0.2) is 0 Å². The Bertz CT molecular complexity index is 194. The molecule has 0 unspecified atom stereocenters. The van der Waals surface area contributed by atoms with Crippen molar-refractivity contribution < 1.29 is 9.53 Å². The SMILES string of the molecule is CCOC(=O)CCN[C@H]1CCCC[C@@H]1C. The Balaban J connectivity index is 2.10.